The Balaban J connectivity index is 1.65. The van der Waals surface area contributed by atoms with Gasteiger partial charge in [-0.15, -0.1) is 0 Å². The molecule has 2 aromatic heterocycles. The number of carbonyl (C=O) groups excluding carboxylic acids is 1. The lowest BCUT2D eigenvalue weighted by molar-refractivity contribution is -0.00697. The van der Waals surface area contributed by atoms with E-state index in [9.17, 15) is 4.79 Å². The summed E-state index contributed by atoms with van der Waals surface area (Å²) in [5.74, 6) is 0.330. The van der Waals surface area contributed by atoms with E-state index in [2.05, 4.69) is 20.5 Å². The summed E-state index contributed by atoms with van der Waals surface area (Å²) in [4.78, 5) is 19.0. The van der Waals surface area contributed by atoms with Crippen LogP contribution in [0.5, 0.6) is 5.88 Å². The number of aromatic amines is 1. The summed E-state index contributed by atoms with van der Waals surface area (Å²) in [7, 11) is 3.97. The standard InChI is InChI=1S/C19H27N5O3/c1-12-10-15-16(13(2)27-12)22-23-17(15)18(25)21-11-14-6-5-7-20-19(14)26-9-8-24(3)4/h5-7,12-13H,8-11H2,1-4H3,(H,21,25)(H,22,23)/t12-,13+/m1/s1. The van der Waals surface area contributed by atoms with Crippen LogP contribution >= 0.6 is 0 Å². The lowest BCUT2D eigenvalue weighted by atomic mass is 9.99. The Hall–Kier alpha value is -2.45. The molecule has 0 aromatic carbocycles. The molecule has 1 aliphatic rings. The number of carbonyl (C=O) groups is 1. The van der Waals surface area contributed by atoms with E-state index in [1.165, 1.54) is 0 Å². The number of H-pyrrole nitrogens is 1. The van der Waals surface area contributed by atoms with Crippen molar-refractivity contribution in [3.63, 3.8) is 0 Å². The van der Waals surface area contributed by atoms with Crippen molar-refractivity contribution in [2.45, 2.75) is 39.0 Å². The molecule has 1 aliphatic heterocycles. The van der Waals surface area contributed by atoms with Crippen LogP contribution in [-0.2, 0) is 17.7 Å². The van der Waals surface area contributed by atoms with E-state index in [0.717, 1.165) is 23.4 Å². The Morgan fingerprint density at radius 1 is 1.44 bits per heavy atom. The zero-order valence-corrected chi connectivity index (χ0v) is 16.3. The summed E-state index contributed by atoms with van der Waals surface area (Å²) in [6.45, 7) is 5.61. The number of aromatic nitrogens is 3. The van der Waals surface area contributed by atoms with Gasteiger partial charge in [0.15, 0.2) is 5.69 Å². The van der Waals surface area contributed by atoms with E-state index in [1.54, 1.807) is 6.20 Å². The van der Waals surface area contributed by atoms with Gasteiger partial charge in [0, 0.05) is 36.8 Å². The van der Waals surface area contributed by atoms with Crippen molar-refractivity contribution in [1.82, 2.24) is 25.4 Å². The van der Waals surface area contributed by atoms with Crippen molar-refractivity contribution in [2.75, 3.05) is 27.2 Å². The normalized spacial score (nSPS) is 19.0. The molecule has 27 heavy (non-hydrogen) atoms. The van der Waals surface area contributed by atoms with E-state index < -0.39 is 0 Å². The number of nitrogens with one attached hydrogen (secondary N) is 2. The second-order valence-electron chi connectivity index (χ2n) is 7.06. The number of pyridine rings is 1. The van der Waals surface area contributed by atoms with Crippen LogP contribution in [0.2, 0.25) is 0 Å². The Morgan fingerprint density at radius 3 is 3.04 bits per heavy atom. The van der Waals surface area contributed by atoms with Crippen LogP contribution in [-0.4, -0.2) is 59.3 Å². The lowest BCUT2D eigenvalue weighted by Gasteiger charge is -2.25. The Bertz CT molecular complexity index is 789. The smallest absolute Gasteiger partial charge is 0.272 e. The van der Waals surface area contributed by atoms with Gasteiger partial charge in [0.1, 0.15) is 6.61 Å². The van der Waals surface area contributed by atoms with Crippen molar-refractivity contribution < 1.29 is 14.3 Å². The molecule has 0 radical (unpaired) electrons. The molecule has 3 rings (SSSR count). The van der Waals surface area contributed by atoms with Crippen molar-refractivity contribution in [3.8, 4) is 5.88 Å². The van der Waals surface area contributed by atoms with Crippen LogP contribution in [0, 0.1) is 0 Å². The van der Waals surface area contributed by atoms with E-state index >= 15 is 0 Å². The maximum atomic E-state index is 12.7. The first-order valence-electron chi connectivity index (χ1n) is 9.18. The summed E-state index contributed by atoms with van der Waals surface area (Å²) in [6.07, 6.45) is 2.33. The topological polar surface area (TPSA) is 92.4 Å². The minimum absolute atomic E-state index is 0.0617. The molecule has 0 unspecified atom stereocenters. The molecule has 1 amide bonds. The van der Waals surface area contributed by atoms with Gasteiger partial charge in [0.2, 0.25) is 5.88 Å². The SMILES string of the molecule is C[C@@H]1Cc2c(C(=O)NCc3cccnc3OCCN(C)C)n[nH]c2[C@H](C)O1. The van der Waals surface area contributed by atoms with Gasteiger partial charge in [0.25, 0.3) is 5.91 Å². The molecule has 0 saturated heterocycles. The van der Waals surface area contributed by atoms with Gasteiger partial charge in [-0.2, -0.15) is 5.10 Å². The summed E-state index contributed by atoms with van der Waals surface area (Å²) in [6, 6.07) is 3.73. The molecule has 0 saturated carbocycles. The maximum absolute atomic E-state index is 12.7. The second kappa shape index (κ2) is 8.49. The third-order valence-electron chi connectivity index (χ3n) is 4.52. The Morgan fingerprint density at radius 2 is 2.26 bits per heavy atom. The number of hydrogen-bond donors (Lipinski definition) is 2. The van der Waals surface area contributed by atoms with E-state index in [-0.39, 0.29) is 18.1 Å². The predicted octanol–water partition coefficient (Wildman–Crippen LogP) is 1.70. The highest BCUT2D eigenvalue weighted by molar-refractivity contribution is 5.94. The molecule has 8 heteroatoms. The van der Waals surface area contributed by atoms with Crippen LogP contribution in [0.4, 0.5) is 0 Å². The monoisotopic (exact) mass is 373 g/mol. The predicted molar refractivity (Wildman–Crippen MR) is 101 cm³/mol. The van der Waals surface area contributed by atoms with Crippen LogP contribution in [0.25, 0.3) is 0 Å². The molecule has 2 N–H and O–H groups in total. The van der Waals surface area contributed by atoms with Crippen LogP contribution in [0.3, 0.4) is 0 Å². The van der Waals surface area contributed by atoms with Crippen molar-refractivity contribution >= 4 is 5.91 Å². The zero-order valence-electron chi connectivity index (χ0n) is 16.3. The second-order valence-corrected chi connectivity index (χ2v) is 7.06. The summed E-state index contributed by atoms with van der Waals surface area (Å²) < 4.78 is 11.5. The first kappa shape index (κ1) is 19.3. The number of likely N-dealkylation sites (N-methyl/N-ethyl adjacent to an activating group) is 1. The number of nitrogens with zero attached hydrogens (tertiary/aromatic N) is 3. The van der Waals surface area contributed by atoms with Crippen LogP contribution in [0.1, 0.15) is 47.3 Å². The van der Waals surface area contributed by atoms with E-state index in [4.69, 9.17) is 9.47 Å². The Labute approximate surface area is 159 Å². The van der Waals surface area contributed by atoms with Gasteiger partial charge in [-0.3, -0.25) is 9.89 Å². The molecule has 0 aliphatic carbocycles. The summed E-state index contributed by atoms with van der Waals surface area (Å²) in [5.41, 5.74) is 3.09. The molecule has 0 spiro atoms. The summed E-state index contributed by atoms with van der Waals surface area (Å²) in [5, 5.41) is 10.1. The number of amides is 1. The first-order chi connectivity index (χ1) is 13.0. The third-order valence-corrected chi connectivity index (χ3v) is 4.52. The van der Waals surface area contributed by atoms with Gasteiger partial charge in [-0.1, -0.05) is 6.07 Å². The molecule has 3 heterocycles. The fourth-order valence-corrected chi connectivity index (χ4v) is 3.13. The highest BCUT2D eigenvalue weighted by Crippen LogP contribution is 2.30. The minimum atomic E-state index is -0.211. The average molecular weight is 373 g/mol. The third kappa shape index (κ3) is 4.64. The fourth-order valence-electron chi connectivity index (χ4n) is 3.13. The van der Waals surface area contributed by atoms with Crippen LogP contribution in [0.15, 0.2) is 18.3 Å². The van der Waals surface area contributed by atoms with Gasteiger partial charge in [0.05, 0.1) is 17.9 Å². The number of fused-ring (bicyclic) bond motifs is 1. The molecule has 8 nitrogen and oxygen atoms in total. The molecule has 2 atom stereocenters. The molecular formula is C19H27N5O3. The first-order valence-corrected chi connectivity index (χ1v) is 9.18. The quantitative estimate of drug-likeness (QED) is 0.767. The van der Waals surface area contributed by atoms with Gasteiger partial charge in [-0.25, -0.2) is 4.98 Å². The molecular weight excluding hydrogens is 346 g/mol. The van der Waals surface area contributed by atoms with E-state index in [1.807, 2.05) is 45.0 Å². The lowest BCUT2D eigenvalue weighted by Crippen LogP contribution is -2.27. The summed E-state index contributed by atoms with van der Waals surface area (Å²) >= 11 is 0. The largest absolute Gasteiger partial charge is 0.476 e. The number of hydrogen-bond acceptors (Lipinski definition) is 6. The van der Waals surface area contributed by atoms with Crippen molar-refractivity contribution in [1.29, 1.82) is 0 Å². The maximum Gasteiger partial charge on any atom is 0.272 e. The number of ether oxygens (including phenoxy) is 2. The zero-order chi connectivity index (χ0) is 19.4. The highest BCUT2D eigenvalue weighted by atomic mass is 16.5. The molecule has 0 bridgehead atoms. The van der Waals surface area contributed by atoms with Crippen molar-refractivity contribution in [2.24, 2.45) is 0 Å². The van der Waals surface area contributed by atoms with Crippen LogP contribution < -0.4 is 10.1 Å². The van der Waals surface area contributed by atoms with Gasteiger partial charge < -0.3 is 19.7 Å². The minimum Gasteiger partial charge on any atom is -0.476 e. The Kier molecular flexibility index (Phi) is 6.08. The molecule has 0 fully saturated rings. The average Bonchev–Trinajstić information content (AvgIpc) is 3.04. The van der Waals surface area contributed by atoms with E-state index in [0.29, 0.717) is 31.1 Å². The molecule has 146 valence electrons. The van der Waals surface area contributed by atoms with Gasteiger partial charge >= 0.3 is 0 Å². The number of rotatable bonds is 7. The van der Waals surface area contributed by atoms with Gasteiger partial charge in [-0.05, 0) is 34.0 Å². The fraction of sp³-hybridized carbons (Fsp3) is 0.526. The highest BCUT2D eigenvalue weighted by Gasteiger charge is 2.29. The van der Waals surface area contributed by atoms with Crippen molar-refractivity contribution in [3.05, 3.63) is 40.8 Å². The molecule has 2 aromatic rings.